The smallest absolute Gasteiger partial charge is 0.295 e. The minimum Gasteiger partial charge on any atom is -0.507 e. The molecule has 1 saturated heterocycles. The van der Waals surface area contributed by atoms with Crippen molar-refractivity contribution in [2.24, 2.45) is 0 Å². The van der Waals surface area contributed by atoms with E-state index in [0.29, 0.717) is 46.4 Å². The summed E-state index contributed by atoms with van der Waals surface area (Å²) in [4.78, 5) is 27.8. The lowest BCUT2D eigenvalue weighted by molar-refractivity contribution is -0.140. The van der Waals surface area contributed by atoms with Gasteiger partial charge >= 0.3 is 0 Å². The molecule has 2 aromatic rings. The lowest BCUT2D eigenvalue weighted by atomic mass is 9.94. The fraction of sp³-hybridized carbons (Fsp3) is 0.385. The molecule has 0 aromatic heterocycles. The minimum atomic E-state index is -0.876. The summed E-state index contributed by atoms with van der Waals surface area (Å²) in [6.45, 7) is 4.51. The summed E-state index contributed by atoms with van der Waals surface area (Å²) >= 11 is 5.99. The maximum Gasteiger partial charge on any atom is 0.295 e. The van der Waals surface area contributed by atoms with Crippen LogP contribution in [0.15, 0.2) is 42.0 Å². The maximum absolute atomic E-state index is 13.2. The number of likely N-dealkylation sites (tertiary alicyclic amines) is 1. The van der Waals surface area contributed by atoms with Crippen LogP contribution < -0.4 is 14.2 Å². The zero-order valence-electron chi connectivity index (χ0n) is 20.5. The Bertz CT molecular complexity index is 1090. The van der Waals surface area contributed by atoms with E-state index in [-0.39, 0.29) is 24.0 Å². The SMILES string of the molecule is COc1cc(C2/C(=C(\O)c3ccc(Cl)cc3)C(=O)C(=O)N2CCCOC(C)C)cc(OC)c1OC. The average molecular weight is 504 g/mol. The maximum atomic E-state index is 13.2. The second kappa shape index (κ2) is 11.5. The number of amides is 1. The fourth-order valence-electron chi connectivity index (χ4n) is 4.03. The van der Waals surface area contributed by atoms with Crippen LogP contribution in [0.5, 0.6) is 17.2 Å². The van der Waals surface area contributed by atoms with Gasteiger partial charge in [-0.05, 0) is 62.2 Å². The van der Waals surface area contributed by atoms with E-state index in [9.17, 15) is 14.7 Å². The highest BCUT2D eigenvalue weighted by atomic mass is 35.5. The molecule has 9 heteroatoms. The summed E-state index contributed by atoms with van der Waals surface area (Å²) in [5.74, 6) is -0.674. The molecule has 1 amide bonds. The van der Waals surface area contributed by atoms with Crippen molar-refractivity contribution in [2.45, 2.75) is 32.4 Å². The van der Waals surface area contributed by atoms with Crippen molar-refractivity contribution >= 4 is 29.1 Å². The molecule has 0 saturated carbocycles. The van der Waals surface area contributed by atoms with Crippen LogP contribution in [0.4, 0.5) is 0 Å². The van der Waals surface area contributed by atoms with E-state index in [1.54, 1.807) is 36.4 Å². The van der Waals surface area contributed by atoms with E-state index in [1.165, 1.54) is 26.2 Å². The number of aliphatic hydroxyl groups excluding tert-OH is 1. The van der Waals surface area contributed by atoms with Gasteiger partial charge < -0.3 is 29.0 Å². The van der Waals surface area contributed by atoms with Gasteiger partial charge in [-0.15, -0.1) is 0 Å². The topological polar surface area (TPSA) is 94.5 Å². The number of rotatable bonds is 10. The Balaban J connectivity index is 2.16. The number of ether oxygens (including phenoxy) is 4. The molecule has 1 N–H and O–H groups in total. The molecule has 188 valence electrons. The van der Waals surface area contributed by atoms with Crippen LogP contribution >= 0.6 is 11.6 Å². The predicted octanol–water partition coefficient (Wildman–Crippen LogP) is 4.60. The second-order valence-corrected chi connectivity index (χ2v) is 8.67. The van der Waals surface area contributed by atoms with E-state index in [2.05, 4.69) is 0 Å². The highest BCUT2D eigenvalue weighted by Gasteiger charge is 2.46. The molecule has 2 aromatic carbocycles. The average Bonchev–Trinajstić information content (AvgIpc) is 3.10. The highest BCUT2D eigenvalue weighted by molar-refractivity contribution is 6.46. The summed E-state index contributed by atoms with van der Waals surface area (Å²) in [7, 11) is 4.45. The second-order valence-electron chi connectivity index (χ2n) is 8.23. The first-order valence-corrected chi connectivity index (χ1v) is 11.6. The van der Waals surface area contributed by atoms with E-state index in [1.807, 2.05) is 13.8 Å². The Hall–Kier alpha value is -3.23. The van der Waals surface area contributed by atoms with Gasteiger partial charge in [0.15, 0.2) is 11.5 Å². The normalized spacial score (nSPS) is 17.2. The van der Waals surface area contributed by atoms with Crippen LogP contribution in [0.25, 0.3) is 5.76 Å². The molecule has 35 heavy (non-hydrogen) atoms. The molecule has 1 aliphatic heterocycles. The van der Waals surface area contributed by atoms with Crippen LogP contribution in [-0.4, -0.2) is 62.3 Å². The van der Waals surface area contributed by atoms with Crippen molar-refractivity contribution in [3.63, 3.8) is 0 Å². The Kier molecular flexibility index (Phi) is 8.64. The number of nitrogens with zero attached hydrogens (tertiary/aromatic N) is 1. The standard InChI is InChI=1S/C26H30ClNO7/c1-15(2)35-12-6-11-28-22(17-13-19(32-3)25(34-5)20(14-17)33-4)21(24(30)26(28)31)23(29)16-7-9-18(27)10-8-16/h7-10,13-15,22,29H,6,11-12H2,1-5H3/b23-21+. The molecule has 0 radical (unpaired) electrons. The largest absolute Gasteiger partial charge is 0.507 e. The number of aliphatic hydroxyl groups is 1. The summed E-state index contributed by atoms with van der Waals surface area (Å²) in [6, 6.07) is 8.85. The Morgan fingerprint density at radius 3 is 2.14 bits per heavy atom. The van der Waals surface area contributed by atoms with E-state index in [0.717, 1.165) is 0 Å². The highest BCUT2D eigenvalue weighted by Crippen LogP contribution is 2.45. The lowest BCUT2D eigenvalue weighted by Gasteiger charge is -2.26. The molecule has 3 rings (SSSR count). The molecule has 0 aliphatic carbocycles. The van der Waals surface area contributed by atoms with Crippen LogP contribution in [0, 0.1) is 0 Å². The molecular formula is C26H30ClNO7. The number of methoxy groups -OCH3 is 3. The first kappa shape index (κ1) is 26.4. The number of hydrogen-bond donors (Lipinski definition) is 1. The first-order chi connectivity index (χ1) is 16.7. The van der Waals surface area contributed by atoms with E-state index < -0.39 is 17.7 Å². The Morgan fingerprint density at radius 1 is 1.03 bits per heavy atom. The molecular weight excluding hydrogens is 474 g/mol. The lowest BCUT2D eigenvalue weighted by Crippen LogP contribution is -2.31. The number of hydrogen-bond acceptors (Lipinski definition) is 7. The summed E-state index contributed by atoms with van der Waals surface area (Å²) in [5, 5.41) is 11.7. The minimum absolute atomic E-state index is 0.0311. The quantitative estimate of drug-likeness (QED) is 0.219. The van der Waals surface area contributed by atoms with Crippen LogP contribution in [-0.2, 0) is 14.3 Å². The molecule has 1 atom stereocenters. The van der Waals surface area contributed by atoms with Gasteiger partial charge in [-0.3, -0.25) is 9.59 Å². The number of ketones is 1. The van der Waals surface area contributed by atoms with E-state index >= 15 is 0 Å². The van der Waals surface area contributed by atoms with Gasteiger partial charge in [0.05, 0.1) is 39.0 Å². The molecule has 0 bridgehead atoms. The Labute approximate surface area is 210 Å². The van der Waals surface area contributed by atoms with Crippen molar-refractivity contribution in [3.8, 4) is 17.2 Å². The van der Waals surface area contributed by atoms with Crippen LogP contribution in [0.2, 0.25) is 5.02 Å². The number of Topliss-reactive ketones (excluding diaryl/α,β-unsaturated/α-hetero) is 1. The number of carbonyl (C=O) groups is 2. The molecule has 8 nitrogen and oxygen atoms in total. The van der Waals surface area contributed by atoms with Gasteiger partial charge in [0, 0.05) is 23.7 Å². The fourth-order valence-corrected chi connectivity index (χ4v) is 4.16. The number of benzene rings is 2. The van der Waals surface area contributed by atoms with E-state index in [4.69, 9.17) is 30.5 Å². The van der Waals surface area contributed by atoms with Crippen LogP contribution in [0.3, 0.4) is 0 Å². The third kappa shape index (κ3) is 5.55. The predicted molar refractivity (Wildman–Crippen MR) is 132 cm³/mol. The molecule has 1 heterocycles. The number of carbonyl (C=O) groups excluding carboxylic acids is 2. The van der Waals surface area contributed by atoms with Crippen molar-refractivity contribution < 1.29 is 33.6 Å². The molecule has 1 unspecified atom stereocenters. The van der Waals surface area contributed by atoms with Crippen LogP contribution in [0.1, 0.15) is 37.4 Å². The van der Waals surface area contributed by atoms with Crippen molar-refractivity contribution in [1.29, 1.82) is 0 Å². The van der Waals surface area contributed by atoms with Gasteiger partial charge in [0.25, 0.3) is 11.7 Å². The molecule has 0 spiro atoms. The molecule has 1 aliphatic rings. The van der Waals surface area contributed by atoms with Gasteiger partial charge in [-0.2, -0.15) is 0 Å². The monoisotopic (exact) mass is 503 g/mol. The summed E-state index contributed by atoms with van der Waals surface area (Å²) in [6.07, 6.45) is 0.550. The summed E-state index contributed by atoms with van der Waals surface area (Å²) < 4.78 is 22.0. The Morgan fingerprint density at radius 2 is 1.63 bits per heavy atom. The van der Waals surface area contributed by atoms with Gasteiger partial charge in [-0.1, -0.05) is 11.6 Å². The zero-order chi connectivity index (χ0) is 25.7. The van der Waals surface area contributed by atoms with Gasteiger partial charge in [-0.25, -0.2) is 0 Å². The third-order valence-electron chi connectivity index (χ3n) is 5.65. The van der Waals surface area contributed by atoms with Crippen molar-refractivity contribution in [2.75, 3.05) is 34.5 Å². The number of halogens is 1. The van der Waals surface area contributed by atoms with Gasteiger partial charge in [0.2, 0.25) is 5.75 Å². The molecule has 1 fully saturated rings. The third-order valence-corrected chi connectivity index (χ3v) is 5.91. The van der Waals surface area contributed by atoms with Crippen molar-refractivity contribution in [1.82, 2.24) is 4.90 Å². The first-order valence-electron chi connectivity index (χ1n) is 11.2. The summed E-state index contributed by atoms with van der Waals surface area (Å²) in [5.41, 5.74) is 0.864. The van der Waals surface area contributed by atoms with Gasteiger partial charge in [0.1, 0.15) is 5.76 Å². The zero-order valence-corrected chi connectivity index (χ0v) is 21.2. The van der Waals surface area contributed by atoms with Crippen molar-refractivity contribution in [3.05, 3.63) is 58.1 Å².